The van der Waals surface area contributed by atoms with Gasteiger partial charge in [0.05, 0.1) is 18.0 Å². The molecule has 0 aliphatic heterocycles. The molecule has 0 saturated heterocycles. The number of rotatable bonds is 6. The van der Waals surface area contributed by atoms with Crippen LogP contribution in [0.1, 0.15) is 27.3 Å². The van der Waals surface area contributed by atoms with Crippen LogP contribution in [0.2, 0.25) is 0 Å². The van der Waals surface area contributed by atoms with Crippen LogP contribution < -0.4 is 5.32 Å². The Bertz CT molecular complexity index is 840. The van der Waals surface area contributed by atoms with Gasteiger partial charge in [-0.05, 0) is 31.5 Å². The van der Waals surface area contributed by atoms with E-state index >= 15 is 0 Å². The Balaban J connectivity index is 2.06. The number of hydrogen-bond donors (Lipinski definition) is 1. The number of carbonyl (C=O) groups excluding carboxylic acids is 2. The molecule has 0 saturated carbocycles. The largest absolute Gasteiger partial charge is 0.347 e. The second-order valence-electron chi connectivity index (χ2n) is 6.10. The minimum atomic E-state index is -0.434. The van der Waals surface area contributed by atoms with E-state index in [9.17, 15) is 19.7 Å². The molecule has 9 heteroatoms. The van der Waals surface area contributed by atoms with Gasteiger partial charge in [0.2, 0.25) is 5.91 Å². The molecule has 1 N–H and O–H groups in total. The molecule has 0 radical (unpaired) electrons. The van der Waals surface area contributed by atoms with Crippen molar-refractivity contribution in [2.45, 2.75) is 20.4 Å². The van der Waals surface area contributed by atoms with Crippen molar-refractivity contribution < 1.29 is 14.5 Å². The van der Waals surface area contributed by atoms with Gasteiger partial charge in [-0.2, -0.15) is 5.10 Å². The molecular weight excluding hydrogens is 338 g/mol. The van der Waals surface area contributed by atoms with Crippen LogP contribution in [0.5, 0.6) is 0 Å². The number of amides is 2. The van der Waals surface area contributed by atoms with Crippen molar-refractivity contribution in [3.05, 3.63) is 56.9 Å². The van der Waals surface area contributed by atoms with Crippen molar-refractivity contribution in [1.82, 2.24) is 20.0 Å². The number of nitrogens with one attached hydrogen (secondary N) is 1. The zero-order valence-electron chi connectivity index (χ0n) is 15.1. The molecule has 9 nitrogen and oxygen atoms in total. The minimum Gasteiger partial charge on any atom is -0.347 e. The molecule has 1 aromatic carbocycles. The summed E-state index contributed by atoms with van der Waals surface area (Å²) in [6, 6.07) is 6.80. The predicted molar refractivity (Wildman–Crippen MR) is 94.9 cm³/mol. The Morgan fingerprint density at radius 3 is 2.35 bits per heavy atom. The van der Waals surface area contributed by atoms with Gasteiger partial charge in [0.15, 0.2) is 0 Å². The van der Waals surface area contributed by atoms with Crippen molar-refractivity contribution in [2.75, 3.05) is 20.6 Å². The Kier molecular flexibility index (Phi) is 5.71. The van der Waals surface area contributed by atoms with E-state index in [-0.39, 0.29) is 24.0 Å². The maximum Gasteiger partial charge on any atom is 0.312 e. The predicted octanol–water partition coefficient (Wildman–Crippen LogP) is 1.27. The number of carbonyl (C=O) groups is 2. The van der Waals surface area contributed by atoms with Gasteiger partial charge >= 0.3 is 5.69 Å². The Morgan fingerprint density at radius 1 is 1.23 bits per heavy atom. The molecule has 1 aromatic heterocycles. The number of aromatic nitrogens is 2. The standard InChI is InChI=1S/C17H21N5O4/c1-11-16(22(25)26)12(2)21(19-11)10-13-5-7-14(8-6-13)17(24)18-9-15(23)20(3)4/h5-8H,9-10H2,1-4H3,(H,18,24). The van der Waals surface area contributed by atoms with E-state index in [1.807, 2.05) is 0 Å². The van der Waals surface area contributed by atoms with Crippen molar-refractivity contribution in [2.24, 2.45) is 0 Å². The molecule has 2 amide bonds. The highest BCUT2D eigenvalue weighted by Crippen LogP contribution is 2.22. The first kappa shape index (κ1) is 19.1. The molecule has 0 spiro atoms. The zero-order chi connectivity index (χ0) is 19.4. The van der Waals surface area contributed by atoms with Crippen LogP contribution in [0.15, 0.2) is 24.3 Å². The molecule has 0 aliphatic carbocycles. The lowest BCUT2D eigenvalue weighted by molar-refractivity contribution is -0.386. The van der Waals surface area contributed by atoms with E-state index in [4.69, 9.17) is 0 Å². The van der Waals surface area contributed by atoms with E-state index in [2.05, 4.69) is 10.4 Å². The van der Waals surface area contributed by atoms with Crippen molar-refractivity contribution >= 4 is 17.5 Å². The summed E-state index contributed by atoms with van der Waals surface area (Å²) in [4.78, 5) is 35.6. The highest BCUT2D eigenvalue weighted by Gasteiger charge is 2.21. The van der Waals surface area contributed by atoms with Crippen LogP contribution in [-0.4, -0.2) is 52.1 Å². The third kappa shape index (κ3) is 4.24. The van der Waals surface area contributed by atoms with Gasteiger partial charge in [-0.3, -0.25) is 24.4 Å². The first-order valence-corrected chi connectivity index (χ1v) is 7.96. The van der Waals surface area contributed by atoms with Gasteiger partial charge in [0.25, 0.3) is 5.91 Å². The molecule has 2 rings (SSSR count). The van der Waals surface area contributed by atoms with Crippen LogP contribution in [-0.2, 0) is 11.3 Å². The fraction of sp³-hybridized carbons (Fsp3) is 0.353. The summed E-state index contributed by atoms with van der Waals surface area (Å²) in [7, 11) is 3.24. The summed E-state index contributed by atoms with van der Waals surface area (Å²) < 4.78 is 1.57. The number of nitrogens with zero attached hydrogens (tertiary/aromatic N) is 4. The maximum absolute atomic E-state index is 12.0. The second kappa shape index (κ2) is 7.77. The Morgan fingerprint density at radius 2 is 1.85 bits per heavy atom. The van der Waals surface area contributed by atoms with E-state index < -0.39 is 4.92 Å². The van der Waals surface area contributed by atoms with Crippen LogP contribution >= 0.6 is 0 Å². The highest BCUT2D eigenvalue weighted by molar-refractivity contribution is 5.96. The number of benzene rings is 1. The molecule has 0 bridgehead atoms. The summed E-state index contributed by atoms with van der Waals surface area (Å²) in [5.74, 6) is -0.533. The lowest BCUT2D eigenvalue weighted by Gasteiger charge is -2.11. The van der Waals surface area contributed by atoms with Crippen molar-refractivity contribution in [1.29, 1.82) is 0 Å². The number of nitro groups is 1. The van der Waals surface area contributed by atoms with E-state index in [0.29, 0.717) is 23.5 Å². The summed E-state index contributed by atoms with van der Waals surface area (Å²) in [6.07, 6.45) is 0. The zero-order valence-corrected chi connectivity index (χ0v) is 15.1. The van der Waals surface area contributed by atoms with Crippen LogP contribution in [0.4, 0.5) is 5.69 Å². The molecule has 0 unspecified atom stereocenters. The lowest BCUT2D eigenvalue weighted by atomic mass is 10.1. The Labute approximate surface area is 150 Å². The maximum atomic E-state index is 12.0. The average Bonchev–Trinajstić information content (AvgIpc) is 2.86. The summed E-state index contributed by atoms with van der Waals surface area (Å²) >= 11 is 0. The summed E-state index contributed by atoms with van der Waals surface area (Å²) in [5, 5.41) is 17.8. The first-order chi connectivity index (χ1) is 12.2. The quantitative estimate of drug-likeness (QED) is 0.617. The van der Waals surface area contributed by atoms with Crippen LogP contribution in [0.3, 0.4) is 0 Å². The molecule has 138 valence electrons. The van der Waals surface area contributed by atoms with E-state index in [1.54, 1.807) is 56.9 Å². The fourth-order valence-corrected chi connectivity index (χ4v) is 2.46. The number of hydrogen-bond acceptors (Lipinski definition) is 5. The molecular formula is C17H21N5O4. The third-order valence-electron chi connectivity index (χ3n) is 3.97. The Hall–Kier alpha value is -3.23. The SMILES string of the molecule is Cc1nn(Cc2ccc(C(=O)NCC(=O)N(C)C)cc2)c(C)c1[N+](=O)[O-]. The van der Waals surface area contributed by atoms with E-state index in [0.717, 1.165) is 5.56 Å². The summed E-state index contributed by atoms with van der Waals surface area (Å²) in [5.41, 5.74) is 2.16. The van der Waals surface area contributed by atoms with Gasteiger partial charge in [-0.25, -0.2) is 0 Å². The number of aryl methyl sites for hydroxylation is 1. The van der Waals surface area contributed by atoms with Crippen molar-refractivity contribution in [3.8, 4) is 0 Å². The second-order valence-corrected chi connectivity index (χ2v) is 6.10. The fourth-order valence-electron chi connectivity index (χ4n) is 2.46. The number of likely N-dealkylation sites (N-methyl/N-ethyl adjacent to an activating group) is 1. The molecule has 1 heterocycles. The first-order valence-electron chi connectivity index (χ1n) is 7.96. The smallest absolute Gasteiger partial charge is 0.312 e. The lowest BCUT2D eigenvalue weighted by Crippen LogP contribution is -2.36. The molecule has 2 aromatic rings. The molecule has 0 fully saturated rings. The highest BCUT2D eigenvalue weighted by atomic mass is 16.6. The average molecular weight is 359 g/mol. The van der Waals surface area contributed by atoms with Gasteiger partial charge in [0.1, 0.15) is 11.4 Å². The van der Waals surface area contributed by atoms with Gasteiger partial charge in [0, 0.05) is 19.7 Å². The van der Waals surface area contributed by atoms with Crippen molar-refractivity contribution in [3.63, 3.8) is 0 Å². The molecule has 0 aliphatic rings. The topological polar surface area (TPSA) is 110 Å². The van der Waals surface area contributed by atoms with E-state index in [1.165, 1.54) is 4.90 Å². The van der Waals surface area contributed by atoms with Gasteiger partial charge in [-0.15, -0.1) is 0 Å². The molecule has 26 heavy (non-hydrogen) atoms. The van der Waals surface area contributed by atoms with Crippen LogP contribution in [0.25, 0.3) is 0 Å². The van der Waals surface area contributed by atoms with Gasteiger partial charge < -0.3 is 10.2 Å². The summed E-state index contributed by atoms with van der Waals surface area (Å²) in [6.45, 7) is 3.55. The monoisotopic (exact) mass is 359 g/mol. The molecule has 0 atom stereocenters. The van der Waals surface area contributed by atoms with Crippen LogP contribution in [0, 0.1) is 24.0 Å². The normalized spacial score (nSPS) is 10.5. The third-order valence-corrected chi connectivity index (χ3v) is 3.97. The van der Waals surface area contributed by atoms with Gasteiger partial charge in [-0.1, -0.05) is 12.1 Å². The minimum absolute atomic E-state index is 0.0200.